The molecule has 1 aliphatic heterocycles. The largest absolute Gasteiger partial charge is 0.351 e. The van der Waals surface area contributed by atoms with E-state index in [0.29, 0.717) is 0 Å². The first-order chi connectivity index (χ1) is 8.33. The van der Waals surface area contributed by atoms with Gasteiger partial charge in [-0.15, -0.1) is 0 Å². The zero-order valence-corrected chi connectivity index (χ0v) is 9.93. The van der Waals surface area contributed by atoms with Crippen LogP contribution in [0, 0.1) is 6.92 Å². The van der Waals surface area contributed by atoms with Crippen LogP contribution in [0.5, 0.6) is 0 Å². The summed E-state index contributed by atoms with van der Waals surface area (Å²) in [6.45, 7) is 3.94. The molecule has 0 unspecified atom stereocenters. The van der Waals surface area contributed by atoms with E-state index in [2.05, 4.69) is 39.1 Å². The van der Waals surface area contributed by atoms with E-state index in [1.165, 1.54) is 11.1 Å². The average molecular weight is 225 g/mol. The van der Waals surface area contributed by atoms with Gasteiger partial charge in [0, 0.05) is 19.3 Å². The van der Waals surface area contributed by atoms with Crippen molar-refractivity contribution in [3.63, 3.8) is 0 Å². The predicted molar refractivity (Wildman–Crippen MR) is 68.0 cm³/mol. The second-order valence-electron chi connectivity index (χ2n) is 4.46. The minimum atomic E-state index is 0.939. The number of nitrogens with zero attached hydrogens (tertiary/aromatic N) is 3. The maximum atomic E-state index is 4.53. The molecule has 0 aliphatic carbocycles. The quantitative estimate of drug-likeness (QED) is 0.746. The maximum Gasteiger partial charge on any atom is 0.147 e. The zero-order chi connectivity index (χ0) is 11.7. The Kier molecular flexibility index (Phi) is 2.52. The third-order valence-corrected chi connectivity index (χ3v) is 3.20. The Morgan fingerprint density at radius 1 is 1.12 bits per heavy atom. The highest BCUT2D eigenvalue weighted by Gasteiger charge is 2.16. The molecule has 0 bridgehead atoms. The highest BCUT2D eigenvalue weighted by molar-refractivity contribution is 5.42. The molecule has 1 aromatic carbocycles. The molecule has 0 spiro atoms. The summed E-state index contributed by atoms with van der Waals surface area (Å²) in [5.41, 5.74) is 3.84. The molecular weight excluding hydrogens is 210 g/mol. The first-order valence-corrected chi connectivity index (χ1v) is 5.93. The van der Waals surface area contributed by atoms with Gasteiger partial charge < -0.3 is 4.90 Å². The van der Waals surface area contributed by atoms with Gasteiger partial charge in [0.15, 0.2) is 0 Å². The second-order valence-corrected chi connectivity index (χ2v) is 4.46. The third-order valence-electron chi connectivity index (χ3n) is 3.20. The summed E-state index contributed by atoms with van der Waals surface area (Å²) in [7, 11) is 0. The van der Waals surface area contributed by atoms with Crippen LogP contribution in [0.25, 0.3) is 0 Å². The summed E-state index contributed by atoms with van der Waals surface area (Å²) in [4.78, 5) is 11.0. The molecular formula is C14H15N3. The van der Waals surface area contributed by atoms with Crippen LogP contribution in [-0.4, -0.2) is 16.5 Å². The van der Waals surface area contributed by atoms with E-state index in [4.69, 9.17) is 0 Å². The number of rotatable bonds is 1. The summed E-state index contributed by atoms with van der Waals surface area (Å²) < 4.78 is 0. The number of hydrogen-bond acceptors (Lipinski definition) is 3. The molecule has 17 heavy (non-hydrogen) atoms. The molecule has 2 heterocycles. The Morgan fingerprint density at radius 3 is 2.76 bits per heavy atom. The van der Waals surface area contributed by atoms with Gasteiger partial charge in [-0.2, -0.15) is 0 Å². The van der Waals surface area contributed by atoms with E-state index in [0.717, 1.165) is 31.0 Å². The fourth-order valence-electron chi connectivity index (χ4n) is 2.29. The Bertz CT molecular complexity index is 536. The second kappa shape index (κ2) is 4.17. The number of aromatic nitrogens is 2. The van der Waals surface area contributed by atoms with Crippen LogP contribution in [0.4, 0.5) is 5.82 Å². The van der Waals surface area contributed by atoms with E-state index in [9.17, 15) is 0 Å². The van der Waals surface area contributed by atoms with E-state index in [-0.39, 0.29) is 0 Å². The van der Waals surface area contributed by atoms with E-state index >= 15 is 0 Å². The number of benzene rings is 1. The molecule has 0 N–H and O–H groups in total. The van der Waals surface area contributed by atoms with Crippen LogP contribution in [0.3, 0.4) is 0 Å². The highest BCUT2D eigenvalue weighted by atomic mass is 15.2. The van der Waals surface area contributed by atoms with Gasteiger partial charge in [0.1, 0.15) is 5.82 Å². The number of fused-ring (bicyclic) bond motifs is 1. The molecule has 1 aromatic heterocycles. The fourth-order valence-corrected chi connectivity index (χ4v) is 2.29. The summed E-state index contributed by atoms with van der Waals surface area (Å²) in [6, 6.07) is 8.63. The van der Waals surface area contributed by atoms with Crippen LogP contribution in [0.1, 0.15) is 16.8 Å². The lowest BCUT2D eigenvalue weighted by Gasteiger charge is -2.29. The minimum Gasteiger partial charge on any atom is -0.351 e. The molecule has 3 heteroatoms. The number of anilines is 1. The smallest absolute Gasteiger partial charge is 0.147 e. The molecule has 86 valence electrons. The van der Waals surface area contributed by atoms with Crippen molar-refractivity contribution in [3.8, 4) is 0 Å². The van der Waals surface area contributed by atoms with Gasteiger partial charge in [0.05, 0.1) is 11.9 Å². The van der Waals surface area contributed by atoms with E-state index < -0.39 is 0 Å². The fraction of sp³-hybridized carbons (Fsp3) is 0.286. The van der Waals surface area contributed by atoms with Crippen molar-refractivity contribution in [2.75, 3.05) is 11.4 Å². The molecule has 0 saturated carbocycles. The lowest BCUT2D eigenvalue weighted by atomic mass is 10.0. The average Bonchev–Trinajstić information content (AvgIpc) is 2.38. The molecule has 0 saturated heterocycles. The van der Waals surface area contributed by atoms with Crippen molar-refractivity contribution in [2.45, 2.75) is 19.9 Å². The normalized spacial score (nSPS) is 14.5. The molecule has 3 nitrogen and oxygen atoms in total. The predicted octanol–water partition coefficient (Wildman–Crippen LogP) is 2.35. The molecule has 0 amide bonds. The van der Waals surface area contributed by atoms with E-state index in [1.54, 1.807) is 6.20 Å². The van der Waals surface area contributed by atoms with Crippen LogP contribution in [-0.2, 0) is 13.0 Å². The lowest BCUT2D eigenvalue weighted by Crippen LogP contribution is -2.31. The Hall–Kier alpha value is -1.90. The van der Waals surface area contributed by atoms with Crippen molar-refractivity contribution >= 4 is 5.82 Å². The standard InChI is InChI=1S/C14H15N3/c1-11-8-15-9-14(16-11)17-7-6-12-4-2-3-5-13(12)10-17/h2-5,8-9H,6-7,10H2,1H3. The van der Waals surface area contributed by atoms with Crippen molar-refractivity contribution < 1.29 is 0 Å². The van der Waals surface area contributed by atoms with Gasteiger partial charge in [-0.25, -0.2) is 4.98 Å². The minimum absolute atomic E-state index is 0.939. The molecule has 1 aliphatic rings. The van der Waals surface area contributed by atoms with Gasteiger partial charge in [-0.1, -0.05) is 24.3 Å². The van der Waals surface area contributed by atoms with Gasteiger partial charge >= 0.3 is 0 Å². The SMILES string of the molecule is Cc1cncc(N2CCc3ccccc3C2)n1. The first kappa shape index (κ1) is 10.3. The zero-order valence-electron chi connectivity index (χ0n) is 9.93. The third kappa shape index (κ3) is 2.00. The molecule has 3 rings (SSSR count). The summed E-state index contributed by atoms with van der Waals surface area (Å²) >= 11 is 0. The maximum absolute atomic E-state index is 4.53. The molecule has 0 radical (unpaired) electrons. The highest BCUT2D eigenvalue weighted by Crippen LogP contribution is 2.22. The Labute approximate surface area is 101 Å². The lowest BCUT2D eigenvalue weighted by molar-refractivity contribution is 0.717. The summed E-state index contributed by atoms with van der Waals surface area (Å²) in [5, 5.41) is 0. The van der Waals surface area contributed by atoms with Crippen molar-refractivity contribution in [3.05, 3.63) is 53.5 Å². The van der Waals surface area contributed by atoms with Crippen molar-refractivity contribution in [2.24, 2.45) is 0 Å². The van der Waals surface area contributed by atoms with Gasteiger partial charge in [0.25, 0.3) is 0 Å². The van der Waals surface area contributed by atoms with Crippen LogP contribution in [0.2, 0.25) is 0 Å². The van der Waals surface area contributed by atoms with Crippen LogP contribution < -0.4 is 4.90 Å². The Balaban J connectivity index is 1.89. The van der Waals surface area contributed by atoms with Crippen molar-refractivity contribution in [1.82, 2.24) is 9.97 Å². The Morgan fingerprint density at radius 2 is 1.94 bits per heavy atom. The molecule has 0 atom stereocenters. The molecule has 0 fully saturated rings. The monoisotopic (exact) mass is 225 g/mol. The van der Waals surface area contributed by atoms with Crippen LogP contribution >= 0.6 is 0 Å². The van der Waals surface area contributed by atoms with Gasteiger partial charge in [-0.3, -0.25) is 4.98 Å². The summed E-state index contributed by atoms with van der Waals surface area (Å²) in [6.07, 6.45) is 4.73. The van der Waals surface area contributed by atoms with Gasteiger partial charge in [0.2, 0.25) is 0 Å². The van der Waals surface area contributed by atoms with Gasteiger partial charge in [-0.05, 0) is 24.5 Å². The number of aryl methyl sites for hydroxylation is 1. The van der Waals surface area contributed by atoms with Crippen LogP contribution in [0.15, 0.2) is 36.7 Å². The summed E-state index contributed by atoms with van der Waals surface area (Å²) in [5.74, 6) is 0.986. The van der Waals surface area contributed by atoms with E-state index in [1.807, 2.05) is 13.1 Å². The first-order valence-electron chi connectivity index (χ1n) is 5.93. The number of hydrogen-bond donors (Lipinski definition) is 0. The van der Waals surface area contributed by atoms with Crippen molar-refractivity contribution in [1.29, 1.82) is 0 Å². The molecule has 2 aromatic rings. The topological polar surface area (TPSA) is 29.0 Å².